The number of hydrogen-bond donors (Lipinski definition) is 4. The molecule has 4 aromatic carbocycles. The first kappa shape index (κ1) is 42.3. The third-order valence-corrected chi connectivity index (χ3v) is 11.4. The maximum atomic E-state index is 14.5. The van der Waals surface area contributed by atoms with Crippen LogP contribution in [0, 0.1) is 5.92 Å². The summed E-state index contributed by atoms with van der Waals surface area (Å²) in [6.07, 6.45) is 8.08. The van der Waals surface area contributed by atoms with Gasteiger partial charge < -0.3 is 35.0 Å². The quantitative estimate of drug-likeness (QED) is 0.0595. The maximum Gasteiger partial charge on any atom is 0.264 e. The van der Waals surface area contributed by atoms with E-state index in [1.165, 1.54) is 0 Å². The fraction of sp³-hybridized carbons (Fsp3) is 0.362. The van der Waals surface area contributed by atoms with Gasteiger partial charge in [-0.3, -0.25) is 19.2 Å². The Bertz CT molecular complexity index is 2300. The second-order valence-electron chi connectivity index (χ2n) is 15.3. The van der Waals surface area contributed by atoms with Crippen LogP contribution in [0.2, 0.25) is 0 Å². The smallest absolute Gasteiger partial charge is 0.264 e. The monoisotopic (exact) mass is 814 g/mol. The van der Waals surface area contributed by atoms with Crippen molar-refractivity contribution in [2.24, 2.45) is 5.92 Å². The Kier molecular flexibility index (Phi) is 13.4. The fourth-order valence-electron chi connectivity index (χ4n) is 8.19. The number of methoxy groups -OCH3 is 1. The van der Waals surface area contributed by atoms with Crippen molar-refractivity contribution in [2.45, 2.75) is 70.2 Å². The Morgan fingerprint density at radius 3 is 2.53 bits per heavy atom. The van der Waals surface area contributed by atoms with E-state index in [4.69, 9.17) is 9.47 Å². The number of anilines is 3. The molecule has 1 aromatic heterocycles. The summed E-state index contributed by atoms with van der Waals surface area (Å²) >= 11 is 0. The van der Waals surface area contributed by atoms with E-state index in [1.54, 1.807) is 39.8 Å². The molecule has 5 aromatic rings. The van der Waals surface area contributed by atoms with Crippen LogP contribution in [0.25, 0.3) is 0 Å². The number of allylic oxidation sites excluding steroid dienone is 1. The molecule has 2 aliphatic rings. The molecule has 0 radical (unpaired) electrons. The third-order valence-electron chi connectivity index (χ3n) is 11.4. The molecule has 0 aliphatic carbocycles. The molecular formula is C47H54N6O7. The maximum absolute atomic E-state index is 14.5. The van der Waals surface area contributed by atoms with Gasteiger partial charge in [0.1, 0.15) is 11.5 Å². The van der Waals surface area contributed by atoms with Crippen molar-refractivity contribution in [2.75, 3.05) is 43.3 Å². The summed E-state index contributed by atoms with van der Waals surface area (Å²) < 4.78 is 13.1. The standard InChI is InChI=1S/C47H54N6O7/c1-4-60-38-19-20-43-35(26-38)27-41(48-22-9-11-24-54)45(56)53(43)36-17-12-14-33(25-36)29-52-44-21-18-37(59-3)28-40(44)47(58,46(52)57)32(2)13-8-10-23-51-30-42(49-50-51)39(31-55)34-15-6-5-7-16-34/h5-8,12-21,25-26,28,30,32,39,41,48,54-55,58H,4,9-11,22-24,27,29,31H2,1-3H3/b13-8+/t32-,39?,41?,47+/m1/s1. The van der Waals surface area contributed by atoms with E-state index in [0.29, 0.717) is 67.3 Å². The highest BCUT2D eigenvalue weighted by atomic mass is 16.5. The number of aromatic nitrogens is 3. The Hall–Kier alpha value is -5.86. The van der Waals surface area contributed by atoms with Crippen LogP contribution in [0.1, 0.15) is 67.0 Å². The van der Waals surface area contributed by atoms with E-state index in [0.717, 1.165) is 34.5 Å². The van der Waals surface area contributed by atoms with Crippen LogP contribution in [0.15, 0.2) is 109 Å². The molecule has 2 unspecified atom stereocenters. The first-order chi connectivity index (χ1) is 29.2. The molecule has 4 atom stereocenters. The number of unbranched alkanes of at least 4 members (excludes halogenated alkanes) is 1. The van der Waals surface area contributed by atoms with Crippen molar-refractivity contribution in [1.29, 1.82) is 0 Å². The van der Waals surface area contributed by atoms with Crippen LogP contribution in [0.3, 0.4) is 0 Å². The number of aryl methyl sites for hydroxylation is 1. The number of carbonyl (C=O) groups excluding carboxylic acids is 2. The molecule has 0 saturated carbocycles. The topological polar surface area (TPSA) is 163 Å². The van der Waals surface area contributed by atoms with Gasteiger partial charge in [-0.2, -0.15) is 0 Å². The number of benzene rings is 4. The molecule has 314 valence electrons. The number of aliphatic hydroxyl groups excluding tert-OH is 2. The molecule has 2 aliphatic heterocycles. The third kappa shape index (κ3) is 8.71. The average molecular weight is 815 g/mol. The highest BCUT2D eigenvalue weighted by molar-refractivity contribution is 6.08. The van der Waals surface area contributed by atoms with Gasteiger partial charge in [0.15, 0.2) is 5.60 Å². The molecule has 0 spiro atoms. The van der Waals surface area contributed by atoms with Crippen LogP contribution in [0.5, 0.6) is 11.5 Å². The number of rotatable bonds is 19. The highest BCUT2D eigenvalue weighted by Crippen LogP contribution is 2.47. The van der Waals surface area contributed by atoms with Gasteiger partial charge in [-0.25, -0.2) is 0 Å². The predicted octanol–water partition coefficient (Wildman–Crippen LogP) is 5.78. The van der Waals surface area contributed by atoms with Gasteiger partial charge in [-0.05, 0) is 104 Å². The molecule has 0 bridgehead atoms. The summed E-state index contributed by atoms with van der Waals surface area (Å²) in [6, 6.07) is 27.9. The molecule has 0 saturated heterocycles. The Labute approximate surface area is 350 Å². The number of ether oxygens (including phenoxy) is 2. The first-order valence-electron chi connectivity index (χ1n) is 20.7. The van der Waals surface area contributed by atoms with Gasteiger partial charge in [0.05, 0.1) is 55.9 Å². The average Bonchev–Trinajstić information content (AvgIpc) is 3.82. The van der Waals surface area contributed by atoms with E-state index < -0.39 is 23.5 Å². The Balaban J connectivity index is 1.10. The van der Waals surface area contributed by atoms with Crippen molar-refractivity contribution in [3.05, 3.63) is 137 Å². The van der Waals surface area contributed by atoms with Crippen LogP contribution >= 0.6 is 0 Å². The molecule has 13 heteroatoms. The summed E-state index contributed by atoms with van der Waals surface area (Å²) in [6.45, 7) is 5.55. The van der Waals surface area contributed by atoms with Crippen molar-refractivity contribution >= 4 is 28.9 Å². The molecule has 2 amide bonds. The largest absolute Gasteiger partial charge is 0.497 e. The summed E-state index contributed by atoms with van der Waals surface area (Å²) in [7, 11) is 1.55. The minimum atomic E-state index is -1.88. The number of nitrogens with zero attached hydrogens (tertiary/aromatic N) is 5. The van der Waals surface area contributed by atoms with E-state index in [-0.39, 0.29) is 31.6 Å². The molecule has 13 nitrogen and oxygen atoms in total. The highest BCUT2D eigenvalue weighted by Gasteiger charge is 2.52. The fourth-order valence-corrected chi connectivity index (χ4v) is 8.19. The lowest BCUT2D eigenvalue weighted by molar-refractivity contribution is -0.139. The lowest BCUT2D eigenvalue weighted by Crippen LogP contribution is -2.49. The number of hydrogen-bond acceptors (Lipinski definition) is 10. The second kappa shape index (κ2) is 19.0. The van der Waals surface area contributed by atoms with E-state index >= 15 is 0 Å². The number of fused-ring (bicyclic) bond motifs is 2. The normalized spacial score (nSPS) is 18.5. The summed E-state index contributed by atoms with van der Waals surface area (Å²) in [4.78, 5) is 32.0. The van der Waals surface area contributed by atoms with Gasteiger partial charge in [-0.15, -0.1) is 5.10 Å². The van der Waals surface area contributed by atoms with Gasteiger partial charge in [0.25, 0.3) is 5.91 Å². The van der Waals surface area contributed by atoms with Crippen molar-refractivity contribution in [3.8, 4) is 11.5 Å². The van der Waals surface area contributed by atoms with Crippen LogP contribution in [-0.4, -0.2) is 81.6 Å². The first-order valence-corrected chi connectivity index (χ1v) is 20.7. The van der Waals surface area contributed by atoms with E-state index in [9.17, 15) is 24.9 Å². The summed E-state index contributed by atoms with van der Waals surface area (Å²) in [5, 5.41) is 43.8. The molecule has 0 fully saturated rings. The lowest BCUT2D eigenvalue weighted by Gasteiger charge is -2.35. The van der Waals surface area contributed by atoms with Crippen molar-refractivity contribution < 1.29 is 34.4 Å². The number of carbonyl (C=O) groups is 2. The molecule has 7 rings (SSSR count). The molecular weight excluding hydrogens is 761 g/mol. The predicted molar refractivity (Wildman–Crippen MR) is 229 cm³/mol. The number of nitrogens with one attached hydrogen (secondary N) is 1. The van der Waals surface area contributed by atoms with Gasteiger partial charge in [0.2, 0.25) is 5.91 Å². The number of amides is 2. The zero-order valence-electron chi connectivity index (χ0n) is 34.4. The minimum Gasteiger partial charge on any atom is -0.497 e. The summed E-state index contributed by atoms with van der Waals surface area (Å²) in [5.41, 5.74) is 3.97. The molecule has 4 N–H and O–H groups in total. The van der Waals surface area contributed by atoms with Crippen LogP contribution in [-0.2, 0) is 34.7 Å². The van der Waals surface area contributed by atoms with Crippen LogP contribution < -0.4 is 24.6 Å². The minimum absolute atomic E-state index is 0.0877. The zero-order valence-corrected chi connectivity index (χ0v) is 34.4. The summed E-state index contributed by atoms with van der Waals surface area (Å²) in [5.74, 6) is -0.183. The number of aliphatic hydroxyl groups is 3. The van der Waals surface area contributed by atoms with Gasteiger partial charge in [0, 0.05) is 36.5 Å². The molecule has 3 heterocycles. The van der Waals surface area contributed by atoms with Crippen LogP contribution in [0.4, 0.5) is 17.1 Å². The SMILES string of the molecule is CCOc1ccc2c(c1)CC(NCCCCO)C(=O)N2c1cccc(CN2C(=O)[C@](O)([C@H](C)/C=C/CCn3cc(C(CO)c4ccccc4)nn3)c3cc(OC)ccc32)c1. The van der Waals surface area contributed by atoms with Crippen molar-refractivity contribution in [3.63, 3.8) is 0 Å². The Morgan fingerprint density at radius 2 is 1.77 bits per heavy atom. The van der Waals surface area contributed by atoms with Gasteiger partial charge >= 0.3 is 0 Å². The second-order valence-corrected chi connectivity index (χ2v) is 15.3. The van der Waals surface area contributed by atoms with E-state index in [2.05, 4.69) is 15.6 Å². The molecule has 60 heavy (non-hydrogen) atoms. The Morgan fingerprint density at radius 1 is 0.967 bits per heavy atom. The zero-order chi connectivity index (χ0) is 42.2. The van der Waals surface area contributed by atoms with Gasteiger partial charge in [-0.1, -0.05) is 66.8 Å². The lowest BCUT2D eigenvalue weighted by atomic mass is 9.83. The van der Waals surface area contributed by atoms with E-state index in [1.807, 2.05) is 105 Å². The van der Waals surface area contributed by atoms with Crippen molar-refractivity contribution in [1.82, 2.24) is 20.3 Å².